The normalized spacial score (nSPS) is 12.1. The first-order valence-corrected chi connectivity index (χ1v) is 6.04. The highest BCUT2D eigenvalue weighted by atomic mass is 16.4. The summed E-state index contributed by atoms with van der Waals surface area (Å²) in [6, 6.07) is 3.01. The maximum absolute atomic E-state index is 11.9. The Morgan fingerprint density at radius 1 is 1.14 bits per heavy atom. The topological polar surface area (TPSA) is 141 Å². The van der Waals surface area contributed by atoms with Crippen molar-refractivity contribution in [3.63, 3.8) is 0 Å². The number of carboxylic acid groups (broad SMARTS) is 1. The molecule has 2 aromatic carbocycles. The third-order valence-corrected chi connectivity index (χ3v) is 3.26. The quantitative estimate of drug-likeness (QED) is 0.458. The highest BCUT2D eigenvalue weighted by Gasteiger charge is 2.15. The predicted octanol–water partition coefficient (Wildman–Crippen LogP) is -0.145. The number of benzene rings is 2. The van der Waals surface area contributed by atoms with Gasteiger partial charge in [-0.25, -0.2) is 9.78 Å². The monoisotopic (exact) mass is 300 g/mol. The van der Waals surface area contributed by atoms with E-state index in [4.69, 9.17) is 5.11 Å². The zero-order valence-electron chi connectivity index (χ0n) is 10.8. The number of H-pyrrole nitrogens is 1. The van der Waals surface area contributed by atoms with Crippen molar-refractivity contribution in [1.29, 1.82) is 0 Å². The van der Waals surface area contributed by atoms with Gasteiger partial charge in [0.1, 0.15) is 22.3 Å². The third-order valence-electron chi connectivity index (χ3n) is 3.26. The van der Waals surface area contributed by atoms with Gasteiger partial charge in [-0.3, -0.25) is 9.59 Å². The number of aromatic hydroxyl groups is 1. The van der Waals surface area contributed by atoms with Gasteiger partial charge < -0.3 is 20.3 Å². The van der Waals surface area contributed by atoms with Crippen LogP contribution in [0.2, 0.25) is 0 Å². The molecule has 0 aliphatic carbocycles. The summed E-state index contributed by atoms with van der Waals surface area (Å²) in [5, 5.41) is 27.8. The Kier molecular flexibility index (Phi) is 2.81. The summed E-state index contributed by atoms with van der Waals surface area (Å²) in [6.45, 7) is 0. The van der Waals surface area contributed by atoms with Crippen LogP contribution in [0.3, 0.4) is 0 Å². The molecule has 4 N–H and O–H groups in total. The molecule has 0 fully saturated rings. The van der Waals surface area contributed by atoms with Crippen LogP contribution >= 0.6 is 0 Å². The van der Waals surface area contributed by atoms with E-state index in [-0.39, 0.29) is 32.8 Å². The fourth-order valence-electron chi connectivity index (χ4n) is 2.24. The van der Waals surface area contributed by atoms with Gasteiger partial charge in [-0.1, -0.05) is 0 Å². The van der Waals surface area contributed by atoms with E-state index >= 15 is 0 Å². The fraction of sp³-hybridized carbons (Fsp3) is 0. The van der Waals surface area contributed by atoms with Gasteiger partial charge in [0.05, 0.1) is 22.6 Å². The molecule has 3 aromatic rings. The number of rotatable bonds is 1. The Bertz CT molecular complexity index is 1120. The molecule has 1 aromatic heterocycles. The molecule has 8 nitrogen and oxygen atoms in total. The molecule has 0 radical (unpaired) electrons. The second-order valence-corrected chi connectivity index (χ2v) is 4.54. The summed E-state index contributed by atoms with van der Waals surface area (Å²) in [7, 11) is 0. The molecule has 0 aliphatic heterocycles. The summed E-state index contributed by atoms with van der Waals surface area (Å²) >= 11 is 0. The van der Waals surface area contributed by atoms with Crippen molar-refractivity contribution in [2.45, 2.75) is 0 Å². The molecule has 0 saturated carbocycles. The second kappa shape index (κ2) is 4.55. The number of nitrogens with zero attached hydrogens (tertiary/aromatic N) is 1. The van der Waals surface area contributed by atoms with E-state index < -0.39 is 22.6 Å². The van der Waals surface area contributed by atoms with Crippen LogP contribution in [-0.4, -0.2) is 31.3 Å². The molecule has 0 bridgehead atoms. The molecule has 22 heavy (non-hydrogen) atoms. The van der Waals surface area contributed by atoms with Crippen LogP contribution in [0.5, 0.6) is 5.75 Å². The van der Waals surface area contributed by atoms with E-state index in [0.29, 0.717) is 6.26 Å². The largest absolute Gasteiger partial charge is 0.515 e. The van der Waals surface area contributed by atoms with Crippen LogP contribution in [0, 0.1) is 0 Å². The molecular formula is C14H8N2O6. The van der Waals surface area contributed by atoms with Crippen molar-refractivity contribution < 1.29 is 20.1 Å². The molecule has 0 amide bonds. The molecule has 3 rings (SSSR count). The summed E-state index contributed by atoms with van der Waals surface area (Å²) < 4.78 is 0. The lowest BCUT2D eigenvalue weighted by Gasteiger charge is -2.05. The maximum Gasteiger partial charge on any atom is 0.337 e. The van der Waals surface area contributed by atoms with Crippen LogP contribution in [0.25, 0.3) is 28.3 Å². The van der Waals surface area contributed by atoms with Crippen molar-refractivity contribution in [1.82, 2.24) is 9.97 Å². The molecule has 0 spiro atoms. The number of hydrogen-bond acceptors (Lipinski definition) is 6. The number of phenolic OH excluding ortho intramolecular Hbond substituents is 1. The number of phenols is 1. The average molecular weight is 300 g/mol. The molecule has 1 heterocycles. The van der Waals surface area contributed by atoms with E-state index in [9.17, 15) is 24.6 Å². The minimum atomic E-state index is -1.29. The lowest BCUT2D eigenvalue weighted by molar-refractivity contribution is 0.0699. The van der Waals surface area contributed by atoms with Gasteiger partial charge in [-0.2, -0.15) is 0 Å². The highest BCUT2D eigenvalue weighted by Crippen LogP contribution is 2.15. The van der Waals surface area contributed by atoms with E-state index in [0.717, 1.165) is 18.2 Å². The number of aromatic carboxylic acids is 1. The van der Waals surface area contributed by atoms with Crippen molar-refractivity contribution >= 4 is 34.3 Å². The Hall–Kier alpha value is -3.42. The second-order valence-electron chi connectivity index (χ2n) is 4.54. The molecule has 0 saturated heterocycles. The first-order chi connectivity index (χ1) is 10.4. The molecule has 0 unspecified atom stereocenters. The predicted molar refractivity (Wildman–Crippen MR) is 77.1 cm³/mol. The van der Waals surface area contributed by atoms with Gasteiger partial charge in [-0.05, 0) is 12.1 Å². The van der Waals surface area contributed by atoms with Gasteiger partial charge in [0.25, 0.3) is 0 Å². The Morgan fingerprint density at radius 3 is 2.50 bits per heavy atom. The Morgan fingerprint density at radius 2 is 1.86 bits per heavy atom. The van der Waals surface area contributed by atoms with Gasteiger partial charge in [0, 0.05) is 6.07 Å². The van der Waals surface area contributed by atoms with E-state index in [2.05, 4.69) is 9.97 Å². The zero-order valence-corrected chi connectivity index (χ0v) is 10.8. The van der Waals surface area contributed by atoms with Crippen LogP contribution in [0.15, 0.2) is 27.8 Å². The zero-order chi connectivity index (χ0) is 16.0. The standard InChI is InChI=1S/C14H8N2O6/c17-4-6-8(19)3-9(20)13-11(6)16-12-7(18)2-1-5(14(21)22)10(12)15-13/h1-4,15,17,19H,(H,21,22)/b6-4-. The minimum absolute atomic E-state index is 0.0980. The summed E-state index contributed by atoms with van der Waals surface area (Å²) in [6.07, 6.45) is 0.551. The Balaban J connectivity index is 2.69. The smallest absolute Gasteiger partial charge is 0.337 e. The van der Waals surface area contributed by atoms with Gasteiger partial charge >= 0.3 is 5.97 Å². The first-order valence-electron chi connectivity index (χ1n) is 6.04. The number of aliphatic hydroxyl groups is 1. The Labute approximate surface area is 120 Å². The van der Waals surface area contributed by atoms with Crippen LogP contribution < -0.4 is 16.1 Å². The number of nitrogens with one attached hydrogen (secondary N) is 1. The van der Waals surface area contributed by atoms with E-state index in [1.807, 2.05) is 0 Å². The number of aromatic amines is 1. The van der Waals surface area contributed by atoms with Crippen molar-refractivity contribution in [3.05, 3.63) is 49.4 Å². The fourth-order valence-corrected chi connectivity index (χ4v) is 2.24. The summed E-state index contributed by atoms with van der Waals surface area (Å²) in [5.41, 5.74) is -1.98. The molecule has 110 valence electrons. The van der Waals surface area contributed by atoms with Gasteiger partial charge in [0.15, 0.2) is 0 Å². The molecule has 8 heteroatoms. The lowest BCUT2D eigenvalue weighted by Crippen LogP contribution is -2.17. The average Bonchev–Trinajstić information content (AvgIpc) is 2.46. The first kappa shape index (κ1) is 13.6. The minimum Gasteiger partial charge on any atom is -0.515 e. The maximum atomic E-state index is 11.9. The van der Waals surface area contributed by atoms with Crippen molar-refractivity contribution in [2.75, 3.05) is 0 Å². The number of hydrogen-bond donors (Lipinski definition) is 4. The molecule has 0 aliphatic rings. The lowest BCUT2D eigenvalue weighted by atomic mass is 10.1. The van der Waals surface area contributed by atoms with Crippen LogP contribution in [0.1, 0.15) is 10.4 Å². The van der Waals surface area contributed by atoms with E-state index in [1.165, 1.54) is 0 Å². The SMILES string of the molecule is O=C(O)c1ccc(=O)c2nc3/c(=C\O)c(O)cc(=O)c3[nH]c12. The van der Waals surface area contributed by atoms with Crippen molar-refractivity contribution in [3.8, 4) is 5.75 Å². The molecule has 0 atom stereocenters. The number of aromatic nitrogens is 2. The van der Waals surface area contributed by atoms with Gasteiger partial charge in [0.2, 0.25) is 10.9 Å². The third kappa shape index (κ3) is 1.78. The number of aliphatic hydroxyl groups excluding tert-OH is 1. The summed E-state index contributed by atoms with van der Waals surface area (Å²) in [4.78, 5) is 41.5. The number of carbonyl (C=O) groups is 1. The molecular weight excluding hydrogens is 292 g/mol. The van der Waals surface area contributed by atoms with Crippen molar-refractivity contribution in [2.24, 2.45) is 0 Å². The van der Waals surface area contributed by atoms with Crippen LogP contribution in [0.4, 0.5) is 0 Å². The van der Waals surface area contributed by atoms with Gasteiger partial charge in [-0.15, -0.1) is 0 Å². The highest BCUT2D eigenvalue weighted by molar-refractivity contribution is 6.02. The van der Waals surface area contributed by atoms with E-state index in [1.54, 1.807) is 0 Å². The van der Waals surface area contributed by atoms with Crippen LogP contribution in [-0.2, 0) is 0 Å². The number of fused-ring (bicyclic) bond motifs is 2. The number of carboxylic acids is 1. The summed E-state index contributed by atoms with van der Waals surface area (Å²) in [5.74, 6) is -1.79.